The van der Waals surface area contributed by atoms with Crippen LogP contribution in [0.4, 0.5) is 4.79 Å². The molecule has 0 aromatic heterocycles. The molecule has 0 aliphatic heterocycles. The molecule has 1 N–H and O–H groups in total. The minimum Gasteiger partial charge on any atom is -0.463 e. The van der Waals surface area contributed by atoms with Crippen molar-refractivity contribution >= 4 is 12.1 Å². The SMILES string of the molecule is CCOC(=O)C=C[C@@H](CC)NC(=O)OC(C)(C)C. The van der Waals surface area contributed by atoms with Gasteiger partial charge in [0.25, 0.3) is 0 Å². The lowest BCUT2D eigenvalue weighted by atomic mass is 10.2. The summed E-state index contributed by atoms with van der Waals surface area (Å²) in [4.78, 5) is 22.6. The lowest BCUT2D eigenvalue weighted by Crippen LogP contribution is -2.38. The van der Waals surface area contributed by atoms with Gasteiger partial charge in [0.15, 0.2) is 0 Å². The van der Waals surface area contributed by atoms with Crippen molar-refractivity contribution in [1.29, 1.82) is 0 Å². The van der Waals surface area contributed by atoms with Crippen molar-refractivity contribution in [3.05, 3.63) is 12.2 Å². The minimum atomic E-state index is -0.534. The molecule has 0 rings (SSSR count). The molecule has 5 nitrogen and oxygen atoms in total. The van der Waals surface area contributed by atoms with Crippen LogP contribution in [0, 0.1) is 0 Å². The van der Waals surface area contributed by atoms with Gasteiger partial charge in [-0.1, -0.05) is 13.0 Å². The maximum absolute atomic E-state index is 11.5. The molecule has 18 heavy (non-hydrogen) atoms. The van der Waals surface area contributed by atoms with E-state index in [2.05, 4.69) is 5.32 Å². The van der Waals surface area contributed by atoms with Gasteiger partial charge in [-0.2, -0.15) is 0 Å². The molecule has 0 fully saturated rings. The smallest absolute Gasteiger partial charge is 0.408 e. The van der Waals surface area contributed by atoms with Gasteiger partial charge in [0.05, 0.1) is 12.6 Å². The molecule has 0 aliphatic carbocycles. The average Bonchev–Trinajstić information content (AvgIpc) is 2.22. The first-order valence-corrected chi connectivity index (χ1v) is 6.13. The van der Waals surface area contributed by atoms with Crippen molar-refractivity contribution in [3.8, 4) is 0 Å². The second-order valence-electron chi connectivity index (χ2n) is 4.77. The Morgan fingerprint density at radius 1 is 1.28 bits per heavy atom. The Hall–Kier alpha value is -1.52. The Bertz CT molecular complexity index is 305. The second kappa shape index (κ2) is 7.74. The predicted molar refractivity (Wildman–Crippen MR) is 69.2 cm³/mol. The van der Waals surface area contributed by atoms with Crippen LogP contribution in [0.15, 0.2) is 12.2 Å². The third-order valence-corrected chi connectivity index (χ3v) is 1.89. The molecule has 0 aromatic carbocycles. The molecule has 5 heteroatoms. The third kappa shape index (κ3) is 8.61. The molecular weight excluding hydrogens is 234 g/mol. The van der Waals surface area contributed by atoms with Gasteiger partial charge in [0.1, 0.15) is 5.60 Å². The molecule has 0 unspecified atom stereocenters. The van der Waals surface area contributed by atoms with Crippen LogP contribution < -0.4 is 5.32 Å². The van der Waals surface area contributed by atoms with Crippen molar-refractivity contribution in [1.82, 2.24) is 5.32 Å². The molecule has 104 valence electrons. The van der Waals surface area contributed by atoms with Gasteiger partial charge in [0, 0.05) is 6.08 Å². The Kier molecular flexibility index (Phi) is 7.08. The van der Waals surface area contributed by atoms with E-state index in [1.165, 1.54) is 6.08 Å². The highest BCUT2D eigenvalue weighted by molar-refractivity contribution is 5.82. The zero-order valence-corrected chi connectivity index (χ0v) is 11.8. The largest absolute Gasteiger partial charge is 0.463 e. The van der Waals surface area contributed by atoms with Crippen LogP contribution in [-0.2, 0) is 14.3 Å². The van der Waals surface area contributed by atoms with E-state index in [0.717, 1.165) is 0 Å². The monoisotopic (exact) mass is 257 g/mol. The molecule has 1 atom stereocenters. The Morgan fingerprint density at radius 2 is 1.89 bits per heavy atom. The summed E-state index contributed by atoms with van der Waals surface area (Å²) in [6.45, 7) is 9.35. The van der Waals surface area contributed by atoms with E-state index >= 15 is 0 Å². The normalized spacial score (nSPS) is 13.2. The Labute approximate surface area is 109 Å². The molecule has 0 aliphatic rings. The minimum absolute atomic E-state index is 0.246. The van der Waals surface area contributed by atoms with Gasteiger partial charge in [-0.3, -0.25) is 0 Å². The van der Waals surface area contributed by atoms with Crippen molar-refractivity contribution in [2.24, 2.45) is 0 Å². The molecule has 1 amide bonds. The molecule has 0 bridgehead atoms. The van der Waals surface area contributed by atoms with Crippen LogP contribution in [0.3, 0.4) is 0 Å². The van der Waals surface area contributed by atoms with Gasteiger partial charge in [-0.15, -0.1) is 0 Å². The number of carbonyl (C=O) groups excluding carboxylic acids is 2. The average molecular weight is 257 g/mol. The fourth-order valence-corrected chi connectivity index (χ4v) is 1.13. The molecule has 0 aromatic rings. The fourth-order valence-electron chi connectivity index (χ4n) is 1.13. The second-order valence-corrected chi connectivity index (χ2v) is 4.77. The van der Waals surface area contributed by atoms with Crippen molar-refractivity contribution in [2.45, 2.75) is 52.7 Å². The third-order valence-electron chi connectivity index (χ3n) is 1.89. The lowest BCUT2D eigenvalue weighted by Gasteiger charge is -2.21. The van der Waals surface area contributed by atoms with E-state index in [1.807, 2.05) is 6.92 Å². The first-order valence-electron chi connectivity index (χ1n) is 6.13. The first-order chi connectivity index (χ1) is 8.28. The maximum atomic E-state index is 11.5. The number of amides is 1. The summed E-state index contributed by atoms with van der Waals surface area (Å²) >= 11 is 0. The number of carbonyl (C=O) groups is 2. The van der Waals surface area contributed by atoms with Gasteiger partial charge in [-0.25, -0.2) is 9.59 Å². The quantitative estimate of drug-likeness (QED) is 0.606. The topological polar surface area (TPSA) is 64.6 Å². The Balaban J connectivity index is 4.27. The highest BCUT2D eigenvalue weighted by Gasteiger charge is 2.17. The van der Waals surface area contributed by atoms with Crippen LogP contribution in [0.5, 0.6) is 0 Å². The van der Waals surface area contributed by atoms with Gasteiger partial charge in [-0.05, 0) is 34.1 Å². The van der Waals surface area contributed by atoms with Crippen LogP contribution in [0.2, 0.25) is 0 Å². The van der Waals surface area contributed by atoms with E-state index in [-0.39, 0.29) is 6.04 Å². The van der Waals surface area contributed by atoms with Gasteiger partial charge >= 0.3 is 12.1 Å². The fraction of sp³-hybridized carbons (Fsp3) is 0.692. The van der Waals surface area contributed by atoms with E-state index in [0.29, 0.717) is 13.0 Å². The van der Waals surface area contributed by atoms with Crippen LogP contribution in [0.25, 0.3) is 0 Å². The summed E-state index contributed by atoms with van der Waals surface area (Å²) in [6.07, 6.45) is 3.08. The van der Waals surface area contributed by atoms with E-state index < -0.39 is 17.7 Å². The summed E-state index contributed by atoms with van der Waals surface area (Å²) in [5, 5.41) is 2.66. The summed E-state index contributed by atoms with van der Waals surface area (Å²) < 4.78 is 9.88. The van der Waals surface area contributed by atoms with E-state index in [1.54, 1.807) is 33.8 Å². The van der Waals surface area contributed by atoms with Crippen LogP contribution >= 0.6 is 0 Å². The summed E-state index contributed by atoms with van der Waals surface area (Å²) in [7, 11) is 0. The lowest BCUT2D eigenvalue weighted by molar-refractivity contribution is -0.137. The number of hydrogen-bond donors (Lipinski definition) is 1. The number of hydrogen-bond acceptors (Lipinski definition) is 4. The van der Waals surface area contributed by atoms with Crippen LogP contribution in [0.1, 0.15) is 41.0 Å². The molecule has 0 saturated heterocycles. The Morgan fingerprint density at radius 3 is 2.33 bits per heavy atom. The maximum Gasteiger partial charge on any atom is 0.408 e. The van der Waals surface area contributed by atoms with Crippen LogP contribution in [-0.4, -0.2) is 30.3 Å². The van der Waals surface area contributed by atoms with E-state index in [9.17, 15) is 9.59 Å². The zero-order valence-electron chi connectivity index (χ0n) is 11.8. The highest BCUT2D eigenvalue weighted by atomic mass is 16.6. The summed E-state index contributed by atoms with van der Waals surface area (Å²) in [5.41, 5.74) is -0.534. The van der Waals surface area contributed by atoms with Crippen molar-refractivity contribution in [3.63, 3.8) is 0 Å². The standard InChI is InChI=1S/C13H23NO4/c1-6-10(8-9-11(15)17-7-2)14-12(16)18-13(3,4)5/h8-10H,6-7H2,1-5H3,(H,14,16)/t10-/m1/s1. The molecule has 0 radical (unpaired) electrons. The first kappa shape index (κ1) is 16.5. The number of ether oxygens (including phenoxy) is 2. The number of nitrogens with one attached hydrogen (secondary N) is 1. The van der Waals surface area contributed by atoms with Crippen molar-refractivity contribution in [2.75, 3.05) is 6.61 Å². The van der Waals surface area contributed by atoms with E-state index in [4.69, 9.17) is 9.47 Å². The molecule has 0 heterocycles. The number of alkyl carbamates (subject to hydrolysis) is 1. The number of esters is 1. The predicted octanol–water partition coefficient (Wildman–Crippen LogP) is 2.41. The number of rotatable bonds is 5. The molecule has 0 saturated carbocycles. The van der Waals surface area contributed by atoms with Gasteiger partial charge in [0.2, 0.25) is 0 Å². The van der Waals surface area contributed by atoms with Crippen molar-refractivity contribution < 1.29 is 19.1 Å². The van der Waals surface area contributed by atoms with Gasteiger partial charge < -0.3 is 14.8 Å². The molecular formula is C13H23NO4. The summed E-state index contributed by atoms with van der Waals surface area (Å²) in [5.74, 6) is -0.415. The zero-order chi connectivity index (χ0) is 14.2. The highest BCUT2D eigenvalue weighted by Crippen LogP contribution is 2.07. The molecule has 0 spiro atoms. The summed E-state index contributed by atoms with van der Waals surface area (Å²) in [6, 6.07) is -0.246.